The Morgan fingerprint density at radius 3 is 2.00 bits per heavy atom. The van der Waals surface area contributed by atoms with E-state index in [9.17, 15) is 18.3 Å². The van der Waals surface area contributed by atoms with Gasteiger partial charge in [-0.05, 0) is 25.0 Å². The molecule has 0 amide bonds. The number of hydrogen-bond acceptors (Lipinski definition) is 3. The lowest BCUT2D eigenvalue weighted by Gasteiger charge is -2.26. The molecule has 17 heavy (non-hydrogen) atoms. The Balaban J connectivity index is 3.44. The van der Waals surface area contributed by atoms with Crippen LogP contribution in [-0.2, 0) is 14.6 Å². The maximum Gasteiger partial charge on any atom is 0.325 e. The molecule has 1 aromatic rings. The van der Waals surface area contributed by atoms with Crippen LogP contribution in [0.5, 0.6) is 0 Å². The van der Waals surface area contributed by atoms with Crippen LogP contribution in [0.4, 0.5) is 0 Å². The van der Waals surface area contributed by atoms with E-state index in [0.717, 1.165) is 0 Å². The van der Waals surface area contributed by atoms with E-state index < -0.39 is 20.6 Å². The number of carboxylic acid groups (broad SMARTS) is 1. The van der Waals surface area contributed by atoms with Gasteiger partial charge in [-0.2, -0.15) is 0 Å². The molecule has 0 aromatic heterocycles. The summed E-state index contributed by atoms with van der Waals surface area (Å²) >= 11 is 0. The Hall–Kier alpha value is -1.36. The standard InChI is InChI=1S/C12H16O4S/c1-3-12(4-2,11(13)14)17(15,16)10-8-6-5-7-9-10/h5-9H,3-4H2,1-2H3,(H,13,14). The fraction of sp³-hybridized carbons (Fsp3) is 0.417. The summed E-state index contributed by atoms with van der Waals surface area (Å²) in [6.07, 6.45) is 0.103. The van der Waals surface area contributed by atoms with Gasteiger partial charge in [0.25, 0.3) is 0 Å². The van der Waals surface area contributed by atoms with Crippen molar-refractivity contribution in [3.63, 3.8) is 0 Å². The van der Waals surface area contributed by atoms with Crippen molar-refractivity contribution in [1.29, 1.82) is 0 Å². The molecule has 0 heterocycles. The summed E-state index contributed by atoms with van der Waals surface area (Å²) in [5.41, 5.74) is 0. The minimum absolute atomic E-state index is 0.0516. The summed E-state index contributed by atoms with van der Waals surface area (Å²) in [6.45, 7) is 3.16. The van der Waals surface area contributed by atoms with Gasteiger partial charge in [-0.3, -0.25) is 4.79 Å². The first-order chi connectivity index (χ1) is 7.92. The topological polar surface area (TPSA) is 71.4 Å². The van der Waals surface area contributed by atoms with Gasteiger partial charge in [0.2, 0.25) is 0 Å². The largest absolute Gasteiger partial charge is 0.480 e. The number of benzene rings is 1. The van der Waals surface area contributed by atoms with Gasteiger partial charge in [0.1, 0.15) is 0 Å². The quantitative estimate of drug-likeness (QED) is 0.875. The first-order valence-corrected chi connectivity index (χ1v) is 6.93. The second-order valence-electron chi connectivity index (χ2n) is 3.82. The minimum Gasteiger partial charge on any atom is -0.480 e. The van der Waals surface area contributed by atoms with Crippen molar-refractivity contribution in [3.8, 4) is 0 Å². The number of aliphatic carboxylic acids is 1. The molecule has 0 aliphatic heterocycles. The third-order valence-electron chi connectivity index (χ3n) is 3.10. The monoisotopic (exact) mass is 256 g/mol. The molecular formula is C12H16O4S. The molecule has 1 rings (SSSR count). The Labute approximate surface area is 101 Å². The van der Waals surface area contributed by atoms with Gasteiger partial charge in [-0.1, -0.05) is 32.0 Å². The highest BCUT2D eigenvalue weighted by Gasteiger charge is 2.48. The van der Waals surface area contributed by atoms with Crippen molar-refractivity contribution in [3.05, 3.63) is 30.3 Å². The van der Waals surface area contributed by atoms with Crippen LogP contribution in [0.1, 0.15) is 26.7 Å². The van der Waals surface area contributed by atoms with Crippen molar-refractivity contribution in [2.24, 2.45) is 0 Å². The molecule has 4 nitrogen and oxygen atoms in total. The highest BCUT2D eigenvalue weighted by atomic mass is 32.2. The first-order valence-electron chi connectivity index (χ1n) is 5.45. The maximum absolute atomic E-state index is 12.4. The van der Waals surface area contributed by atoms with Gasteiger partial charge in [0, 0.05) is 0 Å². The predicted octanol–water partition coefficient (Wildman–Crippen LogP) is 2.10. The number of rotatable bonds is 5. The normalized spacial score (nSPS) is 12.4. The molecule has 0 aliphatic carbocycles. The van der Waals surface area contributed by atoms with Crippen LogP contribution < -0.4 is 0 Å². The second kappa shape index (κ2) is 4.87. The molecule has 1 aromatic carbocycles. The van der Waals surface area contributed by atoms with Crippen molar-refractivity contribution in [2.45, 2.75) is 36.3 Å². The summed E-state index contributed by atoms with van der Waals surface area (Å²) in [5.74, 6) is -1.29. The van der Waals surface area contributed by atoms with Gasteiger partial charge in [-0.25, -0.2) is 8.42 Å². The Morgan fingerprint density at radius 1 is 1.18 bits per heavy atom. The molecule has 0 aliphatic rings. The lowest BCUT2D eigenvalue weighted by Crippen LogP contribution is -2.45. The number of sulfone groups is 1. The van der Waals surface area contributed by atoms with Crippen LogP contribution in [-0.4, -0.2) is 24.2 Å². The van der Waals surface area contributed by atoms with Crippen LogP contribution in [0, 0.1) is 0 Å². The fourth-order valence-corrected chi connectivity index (χ4v) is 3.83. The van der Waals surface area contributed by atoms with Gasteiger partial charge in [0.05, 0.1) is 4.90 Å². The molecule has 0 radical (unpaired) electrons. The molecule has 1 N–H and O–H groups in total. The van der Waals surface area contributed by atoms with Crippen LogP contribution in [0.2, 0.25) is 0 Å². The molecular weight excluding hydrogens is 240 g/mol. The van der Waals surface area contributed by atoms with Crippen LogP contribution >= 0.6 is 0 Å². The molecule has 0 bridgehead atoms. The first kappa shape index (κ1) is 13.7. The zero-order valence-corrected chi connectivity index (χ0v) is 10.7. The maximum atomic E-state index is 12.4. The third kappa shape index (κ3) is 2.07. The van der Waals surface area contributed by atoms with Crippen LogP contribution in [0.3, 0.4) is 0 Å². The minimum atomic E-state index is -3.86. The highest BCUT2D eigenvalue weighted by Crippen LogP contribution is 2.32. The predicted molar refractivity (Wildman–Crippen MR) is 64.6 cm³/mol. The van der Waals surface area contributed by atoms with E-state index in [1.54, 1.807) is 32.0 Å². The lowest BCUT2D eigenvalue weighted by molar-refractivity contribution is -0.140. The summed E-state index contributed by atoms with van der Waals surface area (Å²) in [4.78, 5) is 11.4. The smallest absolute Gasteiger partial charge is 0.325 e. The molecule has 0 fully saturated rings. The van der Waals surface area contributed by atoms with Gasteiger partial charge in [-0.15, -0.1) is 0 Å². The molecule has 0 saturated carbocycles. The summed E-state index contributed by atoms with van der Waals surface area (Å²) in [7, 11) is -3.86. The molecule has 5 heteroatoms. The van der Waals surface area contributed by atoms with E-state index in [1.807, 2.05) is 0 Å². The van der Waals surface area contributed by atoms with E-state index in [1.165, 1.54) is 12.1 Å². The number of hydrogen-bond donors (Lipinski definition) is 1. The van der Waals surface area contributed by atoms with Crippen LogP contribution in [0.25, 0.3) is 0 Å². The van der Waals surface area contributed by atoms with Crippen molar-refractivity contribution < 1.29 is 18.3 Å². The summed E-state index contributed by atoms with van der Waals surface area (Å²) in [6, 6.07) is 7.73. The highest BCUT2D eigenvalue weighted by molar-refractivity contribution is 7.93. The molecule has 94 valence electrons. The van der Waals surface area contributed by atoms with E-state index in [-0.39, 0.29) is 17.7 Å². The Morgan fingerprint density at radius 2 is 1.65 bits per heavy atom. The molecule has 0 atom stereocenters. The molecule has 0 saturated heterocycles. The van der Waals surface area contributed by atoms with Crippen molar-refractivity contribution >= 4 is 15.8 Å². The Bertz CT molecular complexity index is 486. The van der Waals surface area contributed by atoms with Crippen molar-refractivity contribution in [1.82, 2.24) is 0 Å². The third-order valence-corrected chi connectivity index (χ3v) is 5.77. The number of carbonyl (C=O) groups is 1. The molecule has 0 unspecified atom stereocenters. The molecule has 0 spiro atoms. The number of carboxylic acids is 1. The Kier molecular flexibility index (Phi) is 3.93. The van der Waals surface area contributed by atoms with Gasteiger partial charge in [0.15, 0.2) is 14.6 Å². The van der Waals surface area contributed by atoms with Crippen molar-refractivity contribution in [2.75, 3.05) is 0 Å². The van der Waals surface area contributed by atoms with E-state index in [2.05, 4.69) is 0 Å². The van der Waals surface area contributed by atoms with E-state index in [0.29, 0.717) is 0 Å². The average Bonchev–Trinajstić information content (AvgIpc) is 2.31. The lowest BCUT2D eigenvalue weighted by atomic mass is 10.0. The zero-order valence-electron chi connectivity index (χ0n) is 9.88. The average molecular weight is 256 g/mol. The zero-order chi connectivity index (χ0) is 13.1. The van der Waals surface area contributed by atoms with Gasteiger partial charge < -0.3 is 5.11 Å². The van der Waals surface area contributed by atoms with Gasteiger partial charge >= 0.3 is 5.97 Å². The second-order valence-corrected chi connectivity index (χ2v) is 6.08. The fourth-order valence-electron chi connectivity index (χ4n) is 1.87. The van der Waals surface area contributed by atoms with E-state index >= 15 is 0 Å². The van der Waals surface area contributed by atoms with Crippen LogP contribution in [0.15, 0.2) is 35.2 Å². The summed E-state index contributed by atoms with van der Waals surface area (Å²) < 4.78 is 23.0. The summed E-state index contributed by atoms with van der Waals surface area (Å²) in [5, 5.41) is 9.24. The SMILES string of the molecule is CCC(CC)(C(=O)O)S(=O)(=O)c1ccccc1. The van der Waals surface area contributed by atoms with E-state index in [4.69, 9.17) is 0 Å².